The van der Waals surface area contributed by atoms with E-state index in [9.17, 15) is 14.4 Å². The minimum Gasteiger partial charge on any atom is -0.353 e. The van der Waals surface area contributed by atoms with Crippen LogP contribution in [0.4, 0.5) is 5.82 Å². The van der Waals surface area contributed by atoms with Crippen molar-refractivity contribution in [3.05, 3.63) is 62.0 Å². The Morgan fingerprint density at radius 2 is 1.90 bits per heavy atom. The van der Waals surface area contributed by atoms with E-state index in [1.165, 1.54) is 16.8 Å². The van der Waals surface area contributed by atoms with Crippen LogP contribution in [-0.2, 0) is 6.54 Å². The molecule has 0 bridgehead atoms. The first-order valence-electron chi connectivity index (χ1n) is 9.76. The number of nitrogens with zero attached hydrogens (tertiary/aromatic N) is 5. The molecular weight excluding hydrogens is 408 g/mol. The SMILES string of the molecule is CCCn1c(=O)[nH]c(=O)c2cc(C(=O)N3CCN(c4ccc(Cl)cn4)CC3)cnc21. The maximum absolute atomic E-state index is 13.0. The number of anilines is 1. The molecule has 1 aliphatic rings. The molecule has 1 amide bonds. The number of piperazine rings is 1. The highest BCUT2D eigenvalue weighted by Crippen LogP contribution is 2.18. The zero-order valence-electron chi connectivity index (χ0n) is 16.5. The average Bonchev–Trinajstić information content (AvgIpc) is 2.76. The lowest BCUT2D eigenvalue weighted by atomic mass is 10.2. The van der Waals surface area contributed by atoms with E-state index in [0.717, 1.165) is 12.2 Å². The highest BCUT2D eigenvalue weighted by molar-refractivity contribution is 6.30. The number of hydrogen-bond donors (Lipinski definition) is 1. The summed E-state index contributed by atoms with van der Waals surface area (Å²) in [5, 5.41) is 0.814. The van der Waals surface area contributed by atoms with Gasteiger partial charge in [-0.05, 0) is 24.6 Å². The van der Waals surface area contributed by atoms with Crippen molar-refractivity contribution in [2.75, 3.05) is 31.1 Å². The van der Waals surface area contributed by atoms with Gasteiger partial charge in [0.05, 0.1) is 16.0 Å². The summed E-state index contributed by atoms with van der Waals surface area (Å²) in [6, 6.07) is 5.16. The number of amides is 1. The molecule has 1 aliphatic heterocycles. The van der Waals surface area contributed by atoms with E-state index in [-0.39, 0.29) is 11.3 Å². The molecule has 10 heteroatoms. The largest absolute Gasteiger partial charge is 0.353 e. The van der Waals surface area contributed by atoms with Gasteiger partial charge in [-0.3, -0.25) is 19.1 Å². The van der Waals surface area contributed by atoms with E-state index in [2.05, 4.69) is 19.9 Å². The third-order valence-electron chi connectivity index (χ3n) is 5.13. The van der Waals surface area contributed by atoms with E-state index >= 15 is 0 Å². The Morgan fingerprint density at radius 1 is 1.13 bits per heavy atom. The van der Waals surface area contributed by atoms with Gasteiger partial charge < -0.3 is 9.80 Å². The number of aromatic nitrogens is 4. The van der Waals surface area contributed by atoms with Crippen LogP contribution >= 0.6 is 11.6 Å². The molecule has 0 unspecified atom stereocenters. The van der Waals surface area contributed by atoms with Gasteiger partial charge in [-0.1, -0.05) is 18.5 Å². The average molecular weight is 429 g/mol. The summed E-state index contributed by atoms with van der Waals surface area (Å²) in [5.74, 6) is 0.625. The second kappa shape index (κ2) is 8.27. The Kier molecular flexibility index (Phi) is 5.54. The van der Waals surface area contributed by atoms with Crippen molar-refractivity contribution < 1.29 is 4.79 Å². The third-order valence-corrected chi connectivity index (χ3v) is 5.35. The smallest absolute Gasteiger partial charge is 0.329 e. The first-order valence-corrected chi connectivity index (χ1v) is 10.1. The number of aromatic amines is 1. The number of halogens is 1. The lowest BCUT2D eigenvalue weighted by molar-refractivity contribution is 0.0746. The van der Waals surface area contributed by atoms with E-state index in [4.69, 9.17) is 11.6 Å². The summed E-state index contributed by atoms with van der Waals surface area (Å²) < 4.78 is 1.42. The van der Waals surface area contributed by atoms with Gasteiger partial charge in [0.25, 0.3) is 11.5 Å². The number of rotatable bonds is 4. The summed E-state index contributed by atoms with van der Waals surface area (Å²) in [6.45, 7) is 4.68. The Balaban J connectivity index is 1.54. The van der Waals surface area contributed by atoms with E-state index in [1.807, 2.05) is 13.0 Å². The molecule has 0 aliphatic carbocycles. The molecule has 0 aromatic carbocycles. The molecule has 1 fully saturated rings. The first-order chi connectivity index (χ1) is 14.5. The van der Waals surface area contributed by atoms with E-state index < -0.39 is 11.2 Å². The lowest BCUT2D eigenvalue weighted by Gasteiger charge is -2.35. The lowest BCUT2D eigenvalue weighted by Crippen LogP contribution is -2.49. The zero-order chi connectivity index (χ0) is 21.3. The second-order valence-electron chi connectivity index (χ2n) is 7.12. The van der Waals surface area contributed by atoms with Crippen LogP contribution in [0.3, 0.4) is 0 Å². The first kappa shape index (κ1) is 20.1. The van der Waals surface area contributed by atoms with Crippen molar-refractivity contribution >= 4 is 34.4 Å². The monoisotopic (exact) mass is 428 g/mol. The van der Waals surface area contributed by atoms with E-state index in [1.54, 1.807) is 17.2 Å². The molecule has 3 aromatic rings. The molecule has 9 nitrogen and oxygen atoms in total. The van der Waals surface area contributed by atoms with Crippen LogP contribution in [0.15, 0.2) is 40.2 Å². The van der Waals surface area contributed by atoms with Crippen LogP contribution < -0.4 is 16.1 Å². The summed E-state index contributed by atoms with van der Waals surface area (Å²) in [5.41, 5.74) is -0.412. The summed E-state index contributed by atoms with van der Waals surface area (Å²) in [6.07, 6.45) is 3.75. The fourth-order valence-corrected chi connectivity index (χ4v) is 3.70. The van der Waals surface area contributed by atoms with Crippen molar-refractivity contribution in [1.29, 1.82) is 0 Å². The highest BCUT2D eigenvalue weighted by Gasteiger charge is 2.24. The fourth-order valence-electron chi connectivity index (χ4n) is 3.59. The summed E-state index contributed by atoms with van der Waals surface area (Å²) >= 11 is 5.89. The predicted octanol–water partition coefficient (Wildman–Crippen LogP) is 1.51. The van der Waals surface area contributed by atoms with Crippen LogP contribution in [-0.4, -0.2) is 56.5 Å². The van der Waals surface area contributed by atoms with Crippen molar-refractivity contribution in [1.82, 2.24) is 24.4 Å². The molecule has 3 aromatic heterocycles. The molecule has 1 saturated heterocycles. The van der Waals surface area contributed by atoms with Gasteiger partial charge in [-0.2, -0.15) is 0 Å². The normalized spacial score (nSPS) is 14.3. The van der Waals surface area contributed by atoms with Crippen molar-refractivity contribution in [2.24, 2.45) is 0 Å². The van der Waals surface area contributed by atoms with Crippen LogP contribution in [0.1, 0.15) is 23.7 Å². The van der Waals surface area contributed by atoms with Crippen molar-refractivity contribution in [3.63, 3.8) is 0 Å². The number of hydrogen-bond acceptors (Lipinski definition) is 6. The Labute approximate surface area is 176 Å². The molecule has 1 N–H and O–H groups in total. The van der Waals surface area contributed by atoms with Gasteiger partial charge in [-0.15, -0.1) is 0 Å². The van der Waals surface area contributed by atoms with Gasteiger partial charge in [0, 0.05) is 45.1 Å². The van der Waals surface area contributed by atoms with Crippen molar-refractivity contribution in [3.8, 4) is 0 Å². The maximum atomic E-state index is 13.0. The zero-order valence-corrected chi connectivity index (χ0v) is 17.2. The number of pyridine rings is 2. The topological polar surface area (TPSA) is 104 Å². The van der Waals surface area contributed by atoms with Gasteiger partial charge in [0.1, 0.15) is 11.5 Å². The molecule has 4 rings (SSSR count). The van der Waals surface area contributed by atoms with Crippen LogP contribution in [0, 0.1) is 0 Å². The Morgan fingerprint density at radius 3 is 2.57 bits per heavy atom. The van der Waals surface area contributed by atoms with Gasteiger partial charge in [0.15, 0.2) is 0 Å². The van der Waals surface area contributed by atoms with Gasteiger partial charge in [-0.25, -0.2) is 14.8 Å². The molecule has 0 atom stereocenters. The highest BCUT2D eigenvalue weighted by atomic mass is 35.5. The standard InChI is InChI=1S/C20H21ClN6O3/c1-2-5-27-17-15(18(28)24-20(27)30)10-13(11-23-17)19(29)26-8-6-25(7-9-26)16-4-3-14(21)12-22-16/h3-4,10-12H,2,5-9H2,1H3,(H,24,28,30). The number of carbonyl (C=O) groups is 1. The molecule has 0 radical (unpaired) electrons. The van der Waals surface area contributed by atoms with E-state index in [0.29, 0.717) is 49.0 Å². The number of carbonyl (C=O) groups excluding carboxylic acids is 1. The Hall–Kier alpha value is -3.20. The van der Waals surface area contributed by atoms with Crippen LogP contribution in [0.25, 0.3) is 11.0 Å². The predicted molar refractivity (Wildman–Crippen MR) is 114 cm³/mol. The van der Waals surface area contributed by atoms with Gasteiger partial charge >= 0.3 is 5.69 Å². The van der Waals surface area contributed by atoms with Crippen LogP contribution in [0.2, 0.25) is 5.02 Å². The van der Waals surface area contributed by atoms with Crippen LogP contribution in [0.5, 0.6) is 0 Å². The molecule has 0 saturated carbocycles. The number of H-pyrrole nitrogens is 1. The van der Waals surface area contributed by atoms with Crippen molar-refractivity contribution in [2.45, 2.75) is 19.9 Å². The fraction of sp³-hybridized carbons (Fsp3) is 0.350. The number of aryl methyl sites for hydroxylation is 1. The summed E-state index contributed by atoms with van der Waals surface area (Å²) in [4.78, 5) is 52.0. The molecular formula is C20H21ClN6O3. The number of fused-ring (bicyclic) bond motifs is 1. The molecule has 4 heterocycles. The van der Waals surface area contributed by atoms with Gasteiger partial charge in [0.2, 0.25) is 0 Å². The molecule has 0 spiro atoms. The second-order valence-corrected chi connectivity index (χ2v) is 7.56. The molecule has 156 valence electrons. The Bertz CT molecular complexity index is 1200. The minimum absolute atomic E-state index is 0.194. The molecule has 30 heavy (non-hydrogen) atoms. The summed E-state index contributed by atoms with van der Waals surface area (Å²) in [7, 11) is 0. The third kappa shape index (κ3) is 3.80. The number of nitrogens with one attached hydrogen (secondary N) is 1. The minimum atomic E-state index is -0.539. The quantitative estimate of drug-likeness (QED) is 0.675. The maximum Gasteiger partial charge on any atom is 0.329 e.